The van der Waals surface area contributed by atoms with Crippen molar-refractivity contribution in [3.8, 4) is 0 Å². The normalized spacial score (nSPS) is 17.0. The monoisotopic (exact) mass is 483 g/mol. The van der Waals surface area contributed by atoms with Crippen LogP contribution in [0.1, 0.15) is 45.7 Å². The molecule has 0 radical (unpaired) electrons. The van der Waals surface area contributed by atoms with Crippen LogP contribution in [0.15, 0.2) is 48.5 Å². The van der Waals surface area contributed by atoms with Gasteiger partial charge < -0.3 is 9.64 Å². The molecule has 0 N–H and O–H groups in total. The first-order valence-electron chi connectivity index (χ1n) is 11.3. The van der Waals surface area contributed by atoms with Crippen LogP contribution in [0, 0.1) is 0 Å². The van der Waals surface area contributed by atoms with E-state index >= 15 is 0 Å². The van der Waals surface area contributed by atoms with Gasteiger partial charge in [0.05, 0.1) is 17.7 Å². The van der Waals surface area contributed by atoms with Crippen LogP contribution in [0.3, 0.4) is 0 Å². The lowest BCUT2D eigenvalue weighted by molar-refractivity contribution is -0.151. The first kappa shape index (κ1) is 23.9. The highest BCUT2D eigenvalue weighted by Gasteiger charge is 2.36. The van der Waals surface area contributed by atoms with Crippen molar-refractivity contribution in [3.05, 3.63) is 70.2 Å². The second kappa shape index (κ2) is 10.4. The van der Waals surface area contributed by atoms with Crippen LogP contribution in [0.25, 0.3) is 0 Å². The second-order valence-electron chi connectivity index (χ2n) is 8.18. The summed E-state index contributed by atoms with van der Waals surface area (Å²) in [5, 5.41) is 0.583. The number of benzene rings is 2. The van der Waals surface area contributed by atoms with Gasteiger partial charge in [-0.25, -0.2) is 4.79 Å². The molecule has 2 aliphatic heterocycles. The van der Waals surface area contributed by atoms with Gasteiger partial charge in [-0.1, -0.05) is 35.9 Å². The maximum absolute atomic E-state index is 12.8. The summed E-state index contributed by atoms with van der Waals surface area (Å²) in [5.74, 6) is -1.19. The molecule has 9 heteroatoms. The zero-order valence-electron chi connectivity index (χ0n) is 18.9. The minimum absolute atomic E-state index is 0.0433. The molecule has 1 unspecified atom stereocenters. The van der Waals surface area contributed by atoms with Gasteiger partial charge >= 0.3 is 5.97 Å². The molecule has 0 bridgehead atoms. The van der Waals surface area contributed by atoms with E-state index in [0.29, 0.717) is 42.3 Å². The minimum Gasteiger partial charge on any atom is -0.465 e. The maximum Gasteiger partial charge on any atom is 0.328 e. The lowest BCUT2D eigenvalue weighted by Gasteiger charge is -2.38. The Morgan fingerprint density at radius 1 is 0.941 bits per heavy atom. The number of amides is 3. The van der Waals surface area contributed by atoms with Crippen LogP contribution in [-0.2, 0) is 14.3 Å². The molecule has 2 aromatic rings. The zero-order valence-corrected chi connectivity index (χ0v) is 19.7. The van der Waals surface area contributed by atoms with Gasteiger partial charge in [-0.05, 0) is 36.8 Å². The summed E-state index contributed by atoms with van der Waals surface area (Å²) in [5.41, 5.74) is 1.54. The fourth-order valence-corrected chi connectivity index (χ4v) is 4.53. The minimum atomic E-state index is -0.576. The van der Waals surface area contributed by atoms with Gasteiger partial charge in [0.2, 0.25) is 5.91 Å². The van der Waals surface area contributed by atoms with Gasteiger partial charge in [0.1, 0.15) is 6.04 Å². The third-order valence-corrected chi connectivity index (χ3v) is 6.41. The molecular formula is C25H26ClN3O5. The number of carbonyl (C=O) groups excluding carboxylic acids is 4. The molecule has 2 aromatic carbocycles. The van der Waals surface area contributed by atoms with Crippen LogP contribution in [0.2, 0.25) is 5.02 Å². The first-order chi connectivity index (χ1) is 16.4. The molecule has 8 nitrogen and oxygen atoms in total. The number of hydrogen-bond acceptors (Lipinski definition) is 6. The lowest BCUT2D eigenvalue weighted by atomic mass is 10.0. The Morgan fingerprint density at radius 2 is 1.53 bits per heavy atom. The van der Waals surface area contributed by atoms with E-state index in [1.807, 2.05) is 17.0 Å². The van der Waals surface area contributed by atoms with E-state index in [1.54, 1.807) is 48.2 Å². The Morgan fingerprint density at radius 3 is 2.09 bits per heavy atom. The number of carbonyl (C=O) groups is 4. The standard InChI is InChI=1S/C25H26ClN3O5/c1-2-34-25(33)22(17-7-9-18(26)10-8-17)28-15-13-27(14-16-28)21(30)11-12-29-23(31)19-5-3-4-6-20(19)24(29)32/h3-10,22H,2,11-16H2,1H3. The summed E-state index contributed by atoms with van der Waals surface area (Å²) < 4.78 is 5.30. The highest BCUT2D eigenvalue weighted by atomic mass is 35.5. The molecule has 34 heavy (non-hydrogen) atoms. The molecule has 2 heterocycles. The van der Waals surface area contributed by atoms with Crippen molar-refractivity contribution in [3.63, 3.8) is 0 Å². The number of piperazine rings is 1. The third-order valence-electron chi connectivity index (χ3n) is 6.16. The largest absolute Gasteiger partial charge is 0.465 e. The molecule has 3 amide bonds. The Hall–Kier alpha value is -3.23. The predicted molar refractivity (Wildman–Crippen MR) is 125 cm³/mol. The van der Waals surface area contributed by atoms with Gasteiger partial charge in [0.25, 0.3) is 11.8 Å². The summed E-state index contributed by atoms with van der Waals surface area (Å²) in [6.07, 6.45) is 0.0595. The molecule has 1 saturated heterocycles. The van der Waals surface area contributed by atoms with Crippen LogP contribution in [-0.4, -0.2) is 77.7 Å². The molecule has 0 aromatic heterocycles. The Bertz CT molecular complexity index is 1060. The molecule has 178 valence electrons. The number of hydrogen-bond donors (Lipinski definition) is 0. The molecule has 0 saturated carbocycles. The average Bonchev–Trinajstić information content (AvgIpc) is 3.09. The summed E-state index contributed by atoms with van der Waals surface area (Å²) in [6.45, 7) is 3.94. The molecule has 0 aliphatic carbocycles. The van der Waals surface area contributed by atoms with Crippen molar-refractivity contribution in [1.29, 1.82) is 0 Å². The highest BCUT2D eigenvalue weighted by molar-refractivity contribution is 6.30. The van der Waals surface area contributed by atoms with E-state index in [4.69, 9.17) is 16.3 Å². The predicted octanol–water partition coefficient (Wildman–Crippen LogP) is 2.77. The van der Waals surface area contributed by atoms with E-state index in [9.17, 15) is 19.2 Å². The van der Waals surface area contributed by atoms with Crippen molar-refractivity contribution in [2.75, 3.05) is 39.3 Å². The lowest BCUT2D eigenvalue weighted by Crippen LogP contribution is -2.51. The zero-order chi connectivity index (χ0) is 24.2. The van der Waals surface area contributed by atoms with Gasteiger partial charge in [0, 0.05) is 44.2 Å². The Balaban J connectivity index is 1.35. The smallest absolute Gasteiger partial charge is 0.328 e. The molecule has 0 spiro atoms. The second-order valence-corrected chi connectivity index (χ2v) is 8.62. The Kier molecular flexibility index (Phi) is 7.29. The third kappa shape index (κ3) is 4.83. The van der Waals surface area contributed by atoms with E-state index in [1.165, 1.54) is 0 Å². The summed E-state index contributed by atoms with van der Waals surface area (Å²) in [6, 6.07) is 13.2. The molecule has 4 rings (SSSR count). The topological polar surface area (TPSA) is 87.2 Å². The Labute approximate surface area is 203 Å². The number of ether oxygens (including phenoxy) is 1. The summed E-state index contributed by atoms with van der Waals surface area (Å²) in [4.78, 5) is 55.4. The van der Waals surface area contributed by atoms with E-state index in [0.717, 1.165) is 10.5 Å². The first-order valence-corrected chi connectivity index (χ1v) is 11.7. The van der Waals surface area contributed by atoms with Crippen LogP contribution in [0.4, 0.5) is 0 Å². The van der Waals surface area contributed by atoms with Crippen molar-refractivity contribution in [1.82, 2.24) is 14.7 Å². The van der Waals surface area contributed by atoms with E-state index in [-0.39, 0.29) is 43.3 Å². The van der Waals surface area contributed by atoms with Crippen LogP contribution < -0.4 is 0 Å². The quantitative estimate of drug-likeness (QED) is 0.444. The highest BCUT2D eigenvalue weighted by Crippen LogP contribution is 2.26. The van der Waals surface area contributed by atoms with E-state index < -0.39 is 6.04 Å². The number of imide groups is 1. The molecular weight excluding hydrogens is 458 g/mol. The van der Waals surface area contributed by atoms with Gasteiger partial charge in [-0.3, -0.25) is 24.2 Å². The number of esters is 1. The summed E-state index contributed by atoms with van der Waals surface area (Å²) >= 11 is 6.00. The molecule has 2 aliphatic rings. The molecule has 1 atom stereocenters. The number of nitrogens with zero attached hydrogens (tertiary/aromatic N) is 3. The van der Waals surface area contributed by atoms with Crippen molar-refractivity contribution in [2.24, 2.45) is 0 Å². The van der Waals surface area contributed by atoms with Crippen molar-refractivity contribution < 1.29 is 23.9 Å². The number of halogens is 1. The van der Waals surface area contributed by atoms with Gasteiger partial charge in [0.15, 0.2) is 0 Å². The van der Waals surface area contributed by atoms with Crippen LogP contribution in [0.5, 0.6) is 0 Å². The number of fused-ring (bicyclic) bond motifs is 1. The molecule has 1 fully saturated rings. The average molecular weight is 484 g/mol. The van der Waals surface area contributed by atoms with E-state index in [2.05, 4.69) is 0 Å². The summed E-state index contributed by atoms with van der Waals surface area (Å²) in [7, 11) is 0. The SMILES string of the molecule is CCOC(=O)C(c1ccc(Cl)cc1)N1CCN(C(=O)CCN2C(=O)c3ccccc3C2=O)CC1. The van der Waals surface area contributed by atoms with Crippen molar-refractivity contribution >= 4 is 35.3 Å². The fourth-order valence-electron chi connectivity index (χ4n) is 4.40. The maximum atomic E-state index is 12.8. The van der Waals surface area contributed by atoms with Crippen LogP contribution >= 0.6 is 11.6 Å². The van der Waals surface area contributed by atoms with Gasteiger partial charge in [-0.15, -0.1) is 0 Å². The fraction of sp³-hybridized carbons (Fsp3) is 0.360. The number of rotatable bonds is 7. The van der Waals surface area contributed by atoms with Gasteiger partial charge in [-0.2, -0.15) is 0 Å². The van der Waals surface area contributed by atoms with Crippen molar-refractivity contribution in [2.45, 2.75) is 19.4 Å².